The molecule has 0 radical (unpaired) electrons. The zero-order valence-corrected chi connectivity index (χ0v) is 16.1. The van der Waals surface area contributed by atoms with Gasteiger partial charge in [-0.1, -0.05) is 17.9 Å². The lowest BCUT2D eigenvalue weighted by molar-refractivity contribution is -0.274. The number of nitriles is 1. The van der Waals surface area contributed by atoms with E-state index < -0.39 is 12.3 Å². The maximum Gasteiger partial charge on any atom is 0.573 e. The first kappa shape index (κ1) is 21.2. The number of thiocyanates is 1. The molecule has 0 atom stereocenters. The summed E-state index contributed by atoms with van der Waals surface area (Å²) in [6.07, 6.45) is -3.42. The van der Waals surface area contributed by atoms with Crippen LogP contribution in [0.1, 0.15) is 16.7 Å². The Hall–Kier alpha value is -3.56. The molecule has 0 saturated heterocycles. The lowest BCUT2D eigenvalue weighted by Gasteiger charge is -2.08. The van der Waals surface area contributed by atoms with Crippen LogP contribution in [0.5, 0.6) is 5.75 Å². The molecule has 0 fully saturated rings. The highest BCUT2D eigenvalue weighted by Gasteiger charge is 2.30. The van der Waals surface area contributed by atoms with E-state index in [1.807, 2.05) is 0 Å². The van der Waals surface area contributed by atoms with E-state index in [2.05, 4.69) is 26.5 Å². The van der Waals surface area contributed by atoms with Gasteiger partial charge in [0.2, 0.25) is 5.95 Å². The minimum absolute atomic E-state index is 0.0557. The second-order valence-corrected chi connectivity index (χ2v) is 6.70. The van der Waals surface area contributed by atoms with Crippen molar-refractivity contribution in [2.75, 3.05) is 0 Å². The molecule has 9 heteroatoms. The van der Waals surface area contributed by atoms with E-state index in [4.69, 9.17) is 5.26 Å². The number of ether oxygens (including phenoxy) is 1. The maximum absolute atomic E-state index is 14.2. The number of aromatic nitrogens is 2. The maximum atomic E-state index is 14.2. The van der Waals surface area contributed by atoms with E-state index in [9.17, 15) is 17.6 Å². The Morgan fingerprint density at radius 1 is 1.07 bits per heavy atom. The Labute approximate surface area is 173 Å². The summed E-state index contributed by atoms with van der Waals surface area (Å²) in [6.45, 7) is 1.79. The number of rotatable bonds is 3. The first-order valence-corrected chi connectivity index (χ1v) is 9.14. The summed E-state index contributed by atoms with van der Waals surface area (Å²) in [5, 5.41) is 10.6. The highest BCUT2D eigenvalue weighted by atomic mass is 32.2. The standard InChI is InChI=1S/C21H11F4N3OS/c1-13-10-16(19-20(22)28-18(11-27-19)30-12-26)7-6-15(13)5-2-14-3-8-17(9-4-14)29-21(23,24)25/h3-4,6-11H,1H3. The van der Waals surface area contributed by atoms with Crippen LogP contribution in [0.4, 0.5) is 17.6 Å². The lowest BCUT2D eigenvalue weighted by Crippen LogP contribution is -2.16. The van der Waals surface area contributed by atoms with Crippen LogP contribution in [0.15, 0.2) is 53.7 Å². The zero-order valence-electron chi connectivity index (χ0n) is 15.3. The predicted molar refractivity (Wildman–Crippen MR) is 103 cm³/mol. The van der Waals surface area contributed by atoms with Crippen LogP contribution in [0.3, 0.4) is 0 Å². The van der Waals surface area contributed by atoms with Crippen LogP contribution in [0.25, 0.3) is 11.3 Å². The molecule has 0 aliphatic heterocycles. The fourth-order valence-electron chi connectivity index (χ4n) is 2.47. The Morgan fingerprint density at radius 2 is 1.80 bits per heavy atom. The summed E-state index contributed by atoms with van der Waals surface area (Å²) in [6, 6.07) is 10.2. The van der Waals surface area contributed by atoms with E-state index >= 15 is 0 Å². The molecule has 1 aromatic heterocycles. The Bertz CT molecular complexity index is 1180. The quantitative estimate of drug-likeness (QED) is 0.239. The first-order chi connectivity index (χ1) is 14.2. The molecular formula is C21H11F4N3OS. The first-order valence-electron chi connectivity index (χ1n) is 8.32. The van der Waals surface area contributed by atoms with E-state index in [0.717, 1.165) is 17.3 Å². The molecule has 4 nitrogen and oxygen atoms in total. The monoisotopic (exact) mass is 429 g/mol. The summed E-state index contributed by atoms with van der Waals surface area (Å²) in [7, 11) is 0. The van der Waals surface area contributed by atoms with Crippen LogP contribution in [-0.4, -0.2) is 16.3 Å². The van der Waals surface area contributed by atoms with Crippen LogP contribution >= 0.6 is 11.8 Å². The summed E-state index contributed by atoms with van der Waals surface area (Å²) in [5.41, 5.74) is 2.49. The summed E-state index contributed by atoms with van der Waals surface area (Å²) >= 11 is 0.717. The Morgan fingerprint density at radius 3 is 2.40 bits per heavy atom. The van der Waals surface area contributed by atoms with Gasteiger partial charge in [-0.15, -0.1) is 13.2 Å². The third-order valence-corrected chi connectivity index (χ3v) is 4.28. The number of alkyl halides is 3. The largest absolute Gasteiger partial charge is 0.573 e. The molecule has 0 bridgehead atoms. The highest BCUT2D eigenvalue weighted by molar-refractivity contribution is 8.03. The number of aryl methyl sites for hydroxylation is 1. The number of hydrogen-bond acceptors (Lipinski definition) is 5. The Balaban J connectivity index is 1.80. The number of halogens is 4. The number of thioether (sulfide) groups is 1. The topological polar surface area (TPSA) is 58.8 Å². The summed E-state index contributed by atoms with van der Waals surface area (Å²) in [4.78, 5) is 7.73. The smallest absolute Gasteiger partial charge is 0.406 e. The van der Waals surface area contributed by atoms with Crippen molar-refractivity contribution in [3.05, 3.63) is 71.3 Å². The van der Waals surface area contributed by atoms with E-state index in [-0.39, 0.29) is 16.5 Å². The van der Waals surface area contributed by atoms with Gasteiger partial charge in [0, 0.05) is 28.5 Å². The second-order valence-electron chi connectivity index (χ2n) is 5.89. The van der Waals surface area contributed by atoms with Crippen LogP contribution in [-0.2, 0) is 0 Å². The van der Waals surface area contributed by atoms with Gasteiger partial charge in [0.15, 0.2) is 0 Å². The van der Waals surface area contributed by atoms with Crippen molar-refractivity contribution < 1.29 is 22.3 Å². The zero-order chi connectivity index (χ0) is 21.7. The van der Waals surface area contributed by atoms with Crippen molar-refractivity contribution in [1.82, 2.24) is 9.97 Å². The van der Waals surface area contributed by atoms with Gasteiger partial charge in [0.1, 0.15) is 21.9 Å². The third kappa shape index (κ3) is 5.49. The van der Waals surface area contributed by atoms with Crippen LogP contribution < -0.4 is 4.74 Å². The molecule has 0 spiro atoms. The second kappa shape index (κ2) is 8.85. The molecule has 1 heterocycles. The molecule has 0 aliphatic carbocycles. The third-order valence-electron chi connectivity index (χ3n) is 3.79. The number of hydrogen-bond donors (Lipinski definition) is 0. The molecule has 0 N–H and O–H groups in total. The molecule has 0 aliphatic rings. The average molecular weight is 429 g/mol. The minimum Gasteiger partial charge on any atom is -0.406 e. The van der Waals surface area contributed by atoms with Gasteiger partial charge in [-0.05, 0) is 48.9 Å². The average Bonchev–Trinajstić information content (AvgIpc) is 2.67. The van der Waals surface area contributed by atoms with Gasteiger partial charge in [0.25, 0.3) is 0 Å². The molecule has 150 valence electrons. The van der Waals surface area contributed by atoms with Gasteiger partial charge in [-0.2, -0.15) is 9.65 Å². The fraction of sp³-hybridized carbons (Fsp3) is 0.0952. The van der Waals surface area contributed by atoms with E-state index in [1.54, 1.807) is 30.5 Å². The molecule has 2 aromatic carbocycles. The normalized spacial score (nSPS) is 10.7. The predicted octanol–water partition coefficient (Wildman–Crippen LogP) is 5.46. The SMILES string of the molecule is Cc1cc(-c2ncc(SC#N)nc2F)ccc1C#Cc1ccc(OC(F)(F)F)cc1. The van der Waals surface area contributed by atoms with Crippen molar-refractivity contribution in [2.24, 2.45) is 0 Å². The number of benzene rings is 2. The van der Waals surface area contributed by atoms with Crippen LogP contribution in [0.2, 0.25) is 0 Å². The van der Waals surface area contributed by atoms with Crippen molar-refractivity contribution in [3.63, 3.8) is 0 Å². The van der Waals surface area contributed by atoms with Crippen molar-refractivity contribution in [1.29, 1.82) is 5.26 Å². The molecule has 0 unspecified atom stereocenters. The Kier molecular flexibility index (Phi) is 6.24. The molecule has 3 aromatic rings. The highest BCUT2D eigenvalue weighted by Crippen LogP contribution is 2.25. The molecular weight excluding hydrogens is 418 g/mol. The van der Waals surface area contributed by atoms with Crippen molar-refractivity contribution >= 4 is 11.8 Å². The summed E-state index contributed by atoms with van der Waals surface area (Å²) < 4.78 is 54.6. The summed E-state index contributed by atoms with van der Waals surface area (Å²) in [5.74, 6) is 4.69. The molecule has 30 heavy (non-hydrogen) atoms. The molecule has 0 saturated carbocycles. The van der Waals surface area contributed by atoms with E-state index in [0.29, 0.717) is 16.7 Å². The lowest BCUT2D eigenvalue weighted by atomic mass is 10.0. The van der Waals surface area contributed by atoms with Gasteiger partial charge >= 0.3 is 6.36 Å². The van der Waals surface area contributed by atoms with Crippen LogP contribution in [0, 0.1) is 35.4 Å². The van der Waals surface area contributed by atoms with Crippen molar-refractivity contribution in [2.45, 2.75) is 18.3 Å². The van der Waals surface area contributed by atoms with Crippen molar-refractivity contribution in [3.8, 4) is 34.2 Å². The fourth-order valence-corrected chi connectivity index (χ4v) is 2.80. The molecule has 0 amide bonds. The van der Waals surface area contributed by atoms with E-state index in [1.165, 1.54) is 30.5 Å². The van der Waals surface area contributed by atoms with Gasteiger partial charge in [-0.3, -0.25) is 0 Å². The number of nitrogens with zero attached hydrogens (tertiary/aromatic N) is 3. The van der Waals surface area contributed by atoms with Gasteiger partial charge in [-0.25, -0.2) is 9.97 Å². The molecule has 3 rings (SSSR count). The van der Waals surface area contributed by atoms with Gasteiger partial charge in [0.05, 0.1) is 6.20 Å². The minimum atomic E-state index is -4.75. The van der Waals surface area contributed by atoms with Gasteiger partial charge < -0.3 is 4.74 Å².